The zero-order valence-corrected chi connectivity index (χ0v) is 17.7. The van der Waals surface area contributed by atoms with Crippen LogP contribution in [0.2, 0.25) is 0 Å². The van der Waals surface area contributed by atoms with Crippen LogP contribution in [0.25, 0.3) is 16.9 Å². The molecule has 2 aromatic carbocycles. The van der Waals surface area contributed by atoms with Crippen LogP contribution in [0, 0.1) is 13.8 Å². The molecule has 6 nitrogen and oxygen atoms in total. The van der Waals surface area contributed by atoms with Gasteiger partial charge in [-0.2, -0.15) is 5.10 Å². The van der Waals surface area contributed by atoms with Crippen LogP contribution in [0.4, 0.5) is 0 Å². The number of ether oxygens (including phenoxy) is 1. The second-order valence-electron chi connectivity index (χ2n) is 7.40. The number of rotatable bonds is 7. The number of hydrogen-bond donors (Lipinski definition) is 1. The second-order valence-corrected chi connectivity index (χ2v) is 7.40. The van der Waals surface area contributed by atoms with Crippen LogP contribution < -0.4 is 10.1 Å². The van der Waals surface area contributed by atoms with Crippen LogP contribution in [-0.4, -0.2) is 54.9 Å². The SMILES string of the molecule is COc1ccc(-c2cc(C(=O)NCCN(C)C)n(-c3ccc(C)cc3C)n2)cc1. The molecule has 0 atom stereocenters. The van der Waals surface area contributed by atoms with Crippen molar-refractivity contribution in [3.05, 3.63) is 65.4 Å². The predicted molar refractivity (Wildman–Crippen MR) is 116 cm³/mol. The van der Waals surface area contributed by atoms with Gasteiger partial charge < -0.3 is 15.0 Å². The summed E-state index contributed by atoms with van der Waals surface area (Å²) in [5, 5.41) is 7.76. The molecule has 6 heteroatoms. The zero-order chi connectivity index (χ0) is 21.0. The number of carbonyl (C=O) groups excluding carboxylic acids is 1. The number of methoxy groups -OCH3 is 1. The van der Waals surface area contributed by atoms with Gasteiger partial charge >= 0.3 is 0 Å². The number of aromatic nitrogens is 2. The lowest BCUT2D eigenvalue weighted by Crippen LogP contribution is -2.32. The van der Waals surface area contributed by atoms with Crippen molar-refractivity contribution in [1.29, 1.82) is 0 Å². The maximum Gasteiger partial charge on any atom is 0.270 e. The van der Waals surface area contributed by atoms with E-state index in [-0.39, 0.29) is 5.91 Å². The molecular weight excluding hydrogens is 364 g/mol. The van der Waals surface area contributed by atoms with Gasteiger partial charge in [0, 0.05) is 18.7 Å². The fourth-order valence-electron chi connectivity index (χ4n) is 3.16. The summed E-state index contributed by atoms with van der Waals surface area (Å²) in [5.74, 6) is 0.642. The van der Waals surface area contributed by atoms with Gasteiger partial charge in [-0.15, -0.1) is 0 Å². The van der Waals surface area contributed by atoms with E-state index in [1.54, 1.807) is 11.8 Å². The summed E-state index contributed by atoms with van der Waals surface area (Å²) in [4.78, 5) is 15.0. The van der Waals surface area contributed by atoms with Crippen LogP contribution in [0.3, 0.4) is 0 Å². The van der Waals surface area contributed by atoms with Crippen LogP contribution in [0.15, 0.2) is 48.5 Å². The topological polar surface area (TPSA) is 59.4 Å². The molecular formula is C23H28N4O2. The molecule has 1 aromatic heterocycles. The molecule has 0 aliphatic rings. The average molecular weight is 393 g/mol. The van der Waals surface area contributed by atoms with Crippen molar-refractivity contribution in [2.24, 2.45) is 0 Å². The van der Waals surface area contributed by atoms with E-state index in [1.807, 2.05) is 68.4 Å². The van der Waals surface area contributed by atoms with Crippen molar-refractivity contribution >= 4 is 5.91 Å². The Balaban J connectivity index is 2.01. The minimum Gasteiger partial charge on any atom is -0.497 e. The summed E-state index contributed by atoms with van der Waals surface area (Å²) in [7, 11) is 5.60. The van der Waals surface area contributed by atoms with Crippen molar-refractivity contribution in [1.82, 2.24) is 20.0 Å². The Morgan fingerprint density at radius 1 is 1.10 bits per heavy atom. The summed E-state index contributed by atoms with van der Waals surface area (Å²) in [6.45, 7) is 5.43. The molecule has 0 unspecified atom stereocenters. The normalized spacial score (nSPS) is 11.0. The molecule has 1 amide bonds. The van der Waals surface area contributed by atoms with Gasteiger partial charge in [-0.25, -0.2) is 4.68 Å². The van der Waals surface area contributed by atoms with Crippen LogP contribution in [-0.2, 0) is 0 Å². The predicted octanol–water partition coefficient (Wildman–Crippen LogP) is 3.46. The van der Waals surface area contributed by atoms with Gasteiger partial charge in [-0.1, -0.05) is 17.7 Å². The van der Waals surface area contributed by atoms with Gasteiger partial charge in [0.05, 0.1) is 18.5 Å². The summed E-state index contributed by atoms with van der Waals surface area (Å²) in [5.41, 5.74) is 5.32. The van der Waals surface area contributed by atoms with Gasteiger partial charge in [0.1, 0.15) is 11.4 Å². The molecule has 0 aliphatic carbocycles. The smallest absolute Gasteiger partial charge is 0.270 e. The maximum atomic E-state index is 12.9. The lowest BCUT2D eigenvalue weighted by Gasteiger charge is -2.13. The molecule has 152 valence electrons. The van der Waals surface area contributed by atoms with E-state index >= 15 is 0 Å². The van der Waals surface area contributed by atoms with Crippen molar-refractivity contribution in [3.8, 4) is 22.7 Å². The van der Waals surface area contributed by atoms with Crippen LogP contribution in [0.1, 0.15) is 21.6 Å². The lowest BCUT2D eigenvalue weighted by atomic mass is 10.1. The molecule has 0 bridgehead atoms. The summed E-state index contributed by atoms with van der Waals surface area (Å²) in [6.07, 6.45) is 0. The van der Waals surface area contributed by atoms with Gasteiger partial charge in [0.15, 0.2) is 0 Å². The molecule has 3 aromatic rings. The Labute approximate surface area is 172 Å². The van der Waals surface area contributed by atoms with Gasteiger partial charge in [-0.05, 0) is 69.9 Å². The first-order valence-electron chi connectivity index (χ1n) is 9.64. The quantitative estimate of drug-likeness (QED) is 0.669. The van der Waals surface area contributed by atoms with E-state index in [9.17, 15) is 4.79 Å². The maximum absolute atomic E-state index is 12.9. The fraction of sp³-hybridized carbons (Fsp3) is 0.304. The Morgan fingerprint density at radius 2 is 1.83 bits per heavy atom. The number of nitrogens with zero attached hydrogens (tertiary/aromatic N) is 3. The minimum absolute atomic E-state index is 0.140. The molecule has 1 N–H and O–H groups in total. The first-order chi connectivity index (χ1) is 13.9. The van der Waals surface area contributed by atoms with Crippen LogP contribution >= 0.6 is 0 Å². The van der Waals surface area contributed by atoms with E-state index in [0.717, 1.165) is 34.8 Å². The number of carbonyl (C=O) groups is 1. The molecule has 0 saturated heterocycles. The second kappa shape index (κ2) is 8.92. The fourth-order valence-corrected chi connectivity index (χ4v) is 3.16. The van der Waals surface area contributed by atoms with Crippen molar-refractivity contribution in [2.45, 2.75) is 13.8 Å². The molecule has 29 heavy (non-hydrogen) atoms. The molecule has 1 heterocycles. The van der Waals surface area contributed by atoms with Gasteiger partial charge in [0.25, 0.3) is 5.91 Å². The molecule has 3 rings (SSSR count). The molecule has 0 radical (unpaired) electrons. The van der Waals surface area contributed by atoms with Crippen molar-refractivity contribution < 1.29 is 9.53 Å². The Morgan fingerprint density at radius 3 is 2.45 bits per heavy atom. The van der Waals surface area contributed by atoms with Crippen molar-refractivity contribution in [3.63, 3.8) is 0 Å². The molecule has 0 fully saturated rings. The number of aryl methyl sites for hydroxylation is 2. The molecule has 0 spiro atoms. The monoisotopic (exact) mass is 392 g/mol. The van der Waals surface area contributed by atoms with Gasteiger partial charge in [-0.3, -0.25) is 4.79 Å². The van der Waals surface area contributed by atoms with E-state index in [1.165, 1.54) is 5.56 Å². The van der Waals surface area contributed by atoms with E-state index in [2.05, 4.69) is 18.3 Å². The largest absolute Gasteiger partial charge is 0.497 e. The standard InChI is InChI=1S/C23H28N4O2/c1-16-6-11-21(17(2)14-16)27-22(23(28)24-12-13-26(3)4)15-20(25-27)18-7-9-19(29-5)10-8-18/h6-11,14-15H,12-13H2,1-5H3,(H,24,28). The summed E-state index contributed by atoms with van der Waals surface area (Å²) < 4.78 is 6.97. The number of likely N-dealkylation sites (N-methyl/N-ethyl adjacent to an activating group) is 1. The lowest BCUT2D eigenvalue weighted by molar-refractivity contribution is 0.0943. The molecule has 0 aliphatic heterocycles. The summed E-state index contributed by atoms with van der Waals surface area (Å²) in [6, 6.07) is 15.6. The van der Waals surface area contributed by atoms with E-state index in [0.29, 0.717) is 12.2 Å². The highest BCUT2D eigenvalue weighted by atomic mass is 16.5. The van der Waals surface area contributed by atoms with Gasteiger partial charge in [0.2, 0.25) is 0 Å². The third kappa shape index (κ3) is 4.84. The number of hydrogen-bond acceptors (Lipinski definition) is 4. The number of amides is 1. The van der Waals surface area contributed by atoms with E-state index < -0.39 is 0 Å². The van der Waals surface area contributed by atoms with Crippen LogP contribution in [0.5, 0.6) is 5.75 Å². The minimum atomic E-state index is -0.140. The highest BCUT2D eigenvalue weighted by Crippen LogP contribution is 2.25. The molecule has 0 saturated carbocycles. The highest BCUT2D eigenvalue weighted by Gasteiger charge is 2.18. The number of benzene rings is 2. The third-order valence-electron chi connectivity index (χ3n) is 4.75. The first-order valence-corrected chi connectivity index (χ1v) is 9.64. The first kappa shape index (κ1) is 20.6. The number of nitrogens with one attached hydrogen (secondary N) is 1. The summed E-state index contributed by atoms with van der Waals surface area (Å²) >= 11 is 0. The average Bonchev–Trinajstić information content (AvgIpc) is 3.13. The third-order valence-corrected chi connectivity index (χ3v) is 4.75. The Kier molecular flexibility index (Phi) is 6.34. The Hall–Kier alpha value is -3.12. The zero-order valence-electron chi connectivity index (χ0n) is 17.7. The Bertz CT molecular complexity index is 991. The van der Waals surface area contributed by atoms with Crippen molar-refractivity contribution in [2.75, 3.05) is 34.3 Å². The van der Waals surface area contributed by atoms with E-state index in [4.69, 9.17) is 9.84 Å². The highest BCUT2D eigenvalue weighted by molar-refractivity contribution is 5.94.